The smallest absolute Gasteiger partial charge is 0.387 e. The second-order valence-corrected chi connectivity index (χ2v) is 16.8. The fourth-order valence-corrected chi connectivity index (χ4v) is 8.39. The van der Waals surface area contributed by atoms with E-state index in [0.717, 1.165) is 25.8 Å². The third kappa shape index (κ3) is 10.5. The molecule has 1 aliphatic carbocycles. The van der Waals surface area contributed by atoms with Crippen LogP contribution in [0.5, 0.6) is 17.2 Å². The number of pyridine rings is 1. The summed E-state index contributed by atoms with van der Waals surface area (Å²) in [5.74, 6) is 1.21. The van der Waals surface area contributed by atoms with Crippen molar-refractivity contribution in [1.29, 1.82) is 0 Å². The summed E-state index contributed by atoms with van der Waals surface area (Å²) >= 11 is 12.0. The molecule has 2 N–H and O–H groups in total. The third-order valence-corrected chi connectivity index (χ3v) is 12.3. The maximum absolute atomic E-state index is 13.4. The van der Waals surface area contributed by atoms with Gasteiger partial charge in [-0.25, -0.2) is 17.9 Å². The van der Waals surface area contributed by atoms with Crippen LogP contribution in [-0.2, 0) is 16.4 Å². The molecule has 0 unspecified atom stereocenters. The number of benzene rings is 2. The molecule has 0 radical (unpaired) electrons. The minimum absolute atomic E-state index is 0.0803. The highest BCUT2D eigenvalue weighted by molar-refractivity contribution is 7.89. The molecule has 15 nitrogen and oxygen atoms in total. The molecule has 4 heterocycles. The Morgan fingerprint density at radius 2 is 1.68 bits per heavy atom. The second-order valence-electron chi connectivity index (χ2n) is 14.1. The first kappa shape index (κ1) is 44.7. The molecular formula is C40H46Cl2F2N8O7S. The van der Waals surface area contributed by atoms with Crippen molar-refractivity contribution in [2.45, 2.75) is 64.9 Å². The van der Waals surface area contributed by atoms with Crippen molar-refractivity contribution in [3.05, 3.63) is 86.3 Å². The lowest BCUT2D eigenvalue weighted by Crippen LogP contribution is -2.48. The normalized spacial score (nSPS) is 14.8. The van der Waals surface area contributed by atoms with E-state index in [-0.39, 0.29) is 49.1 Å². The first-order chi connectivity index (χ1) is 28.7. The van der Waals surface area contributed by atoms with E-state index in [2.05, 4.69) is 41.9 Å². The molecule has 2 aromatic carbocycles. The zero-order valence-electron chi connectivity index (χ0n) is 33.5. The number of sulfonamides is 1. The van der Waals surface area contributed by atoms with Crippen molar-refractivity contribution in [3.63, 3.8) is 0 Å². The van der Waals surface area contributed by atoms with Crippen LogP contribution in [0.15, 0.2) is 58.5 Å². The number of aryl methyl sites for hydroxylation is 2. The van der Waals surface area contributed by atoms with E-state index in [9.17, 15) is 26.8 Å². The number of fused-ring (bicyclic) bond motifs is 1. The average Bonchev–Trinajstić information content (AvgIpc) is 4.00. The van der Waals surface area contributed by atoms with Crippen LogP contribution in [0.25, 0.3) is 16.9 Å². The van der Waals surface area contributed by atoms with E-state index in [1.54, 1.807) is 29.6 Å². The molecule has 2 fully saturated rings. The zero-order valence-corrected chi connectivity index (χ0v) is 35.8. The van der Waals surface area contributed by atoms with Crippen molar-refractivity contribution < 1.29 is 36.2 Å². The van der Waals surface area contributed by atoms with Gasteiger partial charge in [-0.15, -0.1) is 5.10 Å². The Hall–Kier alpha value is -4.88. The number of rotatable bonds is 15. The summed E-state index contributed by atoms with van der Waals surface area (Å²) in [5, 5.41) is 7.57. The van der Waals surface area contributed by atoms with Gasteiger partial charge in [0.25, 0.3) is 11.5 Å². The molecule has 3 aromatic heterocycles. The van der Waals surface area contributed by atoms with Crippen molar-refractivity contribution in [2.75, 3.05) is 51.3 Å². The van der Waals surface area contributed by atoms with Crippen molar-refractivity contribution in [3.8, 4) is 28.6 Å². The van der Waals surface area contributed by atoms with E-state index in [1.807, 2.05) is 13.8 Å². The highest BCUT2D eigenvalue weighted by Gasteiger charge is 2.30. The second kappa shape index (κ2) is 19.7. The lowest BCUT2D eigenvalue weighted by Gasteiger charge is -2.33. The van der Waals surface area contributed by atoms with Gasteiger partial charge >= 0.3 is 6.61 Å². The number of hydrogen-bond donors (Lipinski definition) is 2. The van der Waals surface area contributed by atoms with Gasteiger partial charge in [0.1, 0.15) is 11.6 Å². The Kier molecular flexibility index (Phi) is 14.6. The lowest BCUT2D eigenvalue weighted by molar-refractivity contribution is -0.0515. The van der Waals surface area contributed by atoms with Gasteiger partial charge in [-0.2, -0.15) is 13.1 Å². The van der Waals surface area contributed by atoms with E-state index in [0.29, 0.717) is 80.1 Å². The number of amides is 1. The molecule has 1 aliphatic heterocycles. The van der Waals surface area contributed by atoms with Crippen LogP contribution < -0.4 is 25.1 Å². The molecule has 322 valence electrons. The first-order valence-electron chi connectivity index (χ1n) is 19.5. The van der Waals surface area contributed by atoms with Crippen molar-refractivity contribution >= 4 is 50.3 Å². The van der Waals surface area contributed by atoms with Crippen LogP contribution in [0.1, 0.15) is 61.9 Å². The summed E-state index contributed by atoms with van der Waals surface area (Å²) in [5.41, 5.74) is 1.48. The van der Waals surface area contributed by atoms with Crippen LogP contribution >= 0.6 is 23.2 Å². The number of carbonyl (C=O) groups excluding carboxylic acids is 1. The molecule has 5 aromatic rings. The molecule has 60 heavy (non-hydrogen) atoms. The number of aromatic amines is 1. The SMILES string of the molecule is CCCc1nc(C)c2c(=O)[nH]c(-c3cc(S(=O)(=O)N4CCN(CC)CC4)ccc3OCC)nn12.O=C(Nc1c(Cl)cncc1Cl)c1ccc(OC(F)F)c(OCC2CC2)c1. The molecule has 2 aliphatic rings. The Morgan fingerprint density at radius 1 is 0.983 bits per heavy atom. The number of ether oxygens (including phenoxy) is 3. The predicted octanol–water partition coefficient (Wildman–Crippen LogP) is 7.10. The van der Waals surface area contributed by atoms with Crippen LogP contribution in [0.2, 0.25) is 10.0 Å². The number of alkyl halides is 2. The number of likely N-dealkylation sites (N-methyl/N-ethyl adjacent to an activating group) is 1. The lowest BCUT2D eigenvalue weighted by atomic mass is 10.2. The number of halogens is 4. The number of nitrogens with zero attached hydrogens (tertiary/aromatic N) is 6. The van der Waals surface area contributed by atoms with Crippen LogP contribution in [0.3, 0.4) is 0 Å². The summed E-state index contributed by atoms with van der Waals surface area (Å²) < 4.78 is 70.8. The Balaban J connectivity index is 0.000000209. The van der Waals surface area contributed by atoms with Gasteiger partial charge in [-0.1, -0.05) is 37.0 Å². The van der Waals surface area contributed by atoms with Crippen molar-refractivity contribution in [1.82, 2.24) is 33.8 Å². The monoisotopic (exact) mass is 890 g/mol. The minimum atomic E-state index is -3.71. The number of aromatic nitrogens is 5. The fraction of sp³-hybridized carbons (Fsp3) is 0.425. The van der Waals surface area contributed by atoms with Gasteiger partial charge in [0.2, 0.25) is 10.0 Å². The fourth-order valence-electron chi connectivity index (χ4n) is 6.48. The van der Waals surface area contributed by atoms with Gasteiger partial charge < -0.3 is 29.4 Å². The Labute approximate surface area is 356 Å². The predicted molar refractivity (Wildman–Crippen MR) is 223 cm³/mol. The number of anilines is 1. The van der Waals surface area contributed by atoms with Gasteiger partial charge in [-0.3, -0.25) is 14.6 Å². The largest absolute Gasteiger partial charge is 0.493 e. The highest BCUT2D eigenvalue weighted by atomic mass is 35.5. The minimum Gasteiger partial charge on any atom is -0.493 e. The van der Waals surface area contributed by atoms with Crippen LogP contribution in [0.4, 0.5) is 14.5 Å². The zero-order chi connectivity index (χ0) is 43.1. The average molecular weight is 892 g/mol. The highest BCUT2D eigenvalue weighted by Crippen LogP contribution is 2.36. The topological polar surface area (TPSA) is 173 Å². The van der Waals surface area contributed by atoms with E-state index in [4.69, 9.17) is 32.7 Å². The molecule has 0 spiro atoms. The molecule has 0 atom stereocenters. The van der Waals surface area contributed by atoms with E-state index in [1.165, 1.54) is 34.9 Å². The van der Waals surface area contributed by atoms with E-state index >= 15 is 0 Å². The maximum atomic E-state index is 13.4. The van der Waals surface area contributed by atoms with Gasteiger partial charge in [0.15, 0.2) is 22.8 Å². The number of nitrogens with one attached hydrogen (secondary N) is 2. The molecular weight excluding hydrogens is 845 g/mol. The molecule has 7 rings (SSSR count). The summed E-state index contributed by atoms with van der Waals surface area (Å²) in [6.07, 6.45) is 6.26. The standard InChI is InChI=1S/C23H32N6O4S.C17H14Cl2F2N2O3/c1-5-8-20-24-16(4)21-23(30)25-22(26-29(20)21)18-15-17(9-10-19(18)33-7-3)34(31,32)28-13-11-27(6-2)12-14-28;18-11-6-22-7-12(19)15(11)23-16(24)10-3-4-13(26-17(20)21)14(5-10)25-8-9-1-2-9/h9-10,15H,5-8,11-14H2,1-4H3,(H,25,26,30);3-7,9,17H,1-2,8H2,(H,22,23,24). The number of hydrogen-bond acceptors (Lipinski definition) is 11. The van der Waals surface area contributed by atoms with Gasteiger partial charge in [0.05, 0.1) is 45.1 Å². The van der Waals surface area contributed by atoms with Crippen LogP contribution in [-0.4, -0.2) is 101 Å². The van der Waals surface area contributed by atoms with Crippen molar-refractivity contribution in [2.24, 2.45) is 5.92 Å². The van der Waals surface area contributed by atoms with E-state index < -0.39 is 22.5 Å². The third-order valence-electron chi connectivity index (χ3n) is 9.82. The molecule has 1 saturated heterocycles. The molecule has 0 bridgehead atoms. The van der Waals surface area contributed by atoms with Gasteiger partial charge in [0, 0.05) is 50.6 Å². The number of carbonyl (C=O) groups is 1. The Morgan fingerprint density at radius 3 is 2.32 bits per heavy atom. The molecule has 1 saturated carbocycles. The summed E-state index contributed by atoms with van der Waals surface area (Å²) in [6, 6.07) is 8.68. The number of imidazole rings is 1. The van der Waals surface area contributed by atoms with Gasteiger partial charge in [-0.05, 0) is 82.0 Å². The quantitative estimate of drug-likeness (QED) is 0.110. The molecule has 20 heteroatoms. The summed E-state index contributed by atoms with van der Waals surface area (Å²) in [4.78, 5) is 38.9. The number of H-pyrrole nitrogens is 1. The Bertz CT molecular complexity index is 2470. The van der Waals surface area contributed by atoms with Crippen LogP contribution in [0, 0.1) is 12.8 Å². The number of piperazine rings is 1. The maximum Gasteiger partial charge on any atom is 0.387 e. The first-order valence-corrected chi connectivity index (χ1v) is 21.7. The molecule has 1 amide bonds. The summed E-state index contributed by atoms with van der Waals surface area (Å²) in [6.45, 7) is 8.68. The summed E-state index contributed by atoms with van der Waals surface area (Å²) in [7, 11) is -3.71.